The van der Waals surface area contributed by atoms with Gasteiger partial charge in [-0.1, -0.05) is 12.1 Å². The van der Waals surface area contributed by atoms with Crippen LogP contribution < -0.4 is 4.74 Å². The van der Waals surface area contributed by atoms with Crippen LogP contribution in [0.15, 0.2) is 18.2 Å². The van der Waals surface area contributed by atoms with Gasteiger partial charge in [0.25, 0.3) is 0 Å². The minimum atomic E-state index is -4.70. The van der Waals surface area contributed by atoms with Crippen molar-refractivity contribution in [2.24, 2.45) is 11.8 Å². The molecule has 138 valence electrons. The highest BCUT2D eigenvalue weighted by Gasteiger charge is 2.53. The van der Waals surface area contributed by atoms with Crippen LogP contribution >= 0.6 is 0 Å². The highest BCUT2D eigenvalue weighted by atomic mass is 19.4. The van der Waals surface area contributed by atoms with Gasteiger partial charge in [0.15, 0.2) is 11.6 Å². The highest BCUT2D eigenvalue weighted by Crippen LogP contribution is 2.38. The summed E-state index contributed by atoms with van der Waals surface area (Å²) in [5.74, 6) is -6.62. The van der Waals surface area contributed by atoms with E-state index in [1.165, 1.54) is 25.3 Å². The Kier molecular flexibility index (Phi) is 5.54. The Balaban J connectivity index is 2.03. The molecule has 2 rings (SSSR count). The maximum atomic E-state index is 14.0. The Hall–Kier alpha value is -2.32. The number of rotatable bonds is 5. The third kappa shape index (κ3) is 4.21. The van der Waals surface area contributed by atoms with Gasteiger partial charge in [0.05, 0.1) is 18.9 Å². The maximum absolute atomic E-state index is 14.0. The summed E-state index contributed by atoms with van der Waals surface area (Å²) in [6, 6.07) is 4.40. The van der Waals surface area contributed by atoms with E-state index in [9.17, 15) is 27.2 Å². The maximum Gasteiger partial charge on any atom is 0.394 e. The number of ether oxygens (including phenoxy) is 1. The number of hydrogen-bond donors (Lipinski definition) is 1. The number of methoxy groups -OCH3 is 1. The molecule has 0 aliphatic carbocycles. The fraction of sp³-hybridized carbons (Fsp3) is 0.500. The van der Waals surface area contributed by atoms with Gasteiger partial charge < -0.3 is 14.7 Å². The Morgan fingerprint density at radius 3 is 2.52 bits per heavy atom. The fourth-order valence-corrected chi connectivity index (χ4v) is 2.90. The molecule has 1 N–H and O–H groups in total. The molecule has 0 unspecified atom stereocenters. The van der Waals surface area contributed by atoms with Gasteiger partial charge in [-0.25, -0.2) is 4.39 Å². The van der Waals surface area contributed by atoms with E-state index in [1.807, 2.05) is 0 Å². The molecule has 25 heavy (non-hydrogen) atoms. The first-order valence-corrected chi connectivity index (χ1v) is 7.53. The number of carboxylic acids is 1. The third-order valence-electron chi connectivity index (χ3n) is 4.28. The number of carbonyl (C=O) groups is 2. The normalized spacial score (nSPS) is 20.6. The zero-order valence-electron chi connectivity index (χ0n) is 13.3. The molecule has 9 heteroatoms. The van der Waals surface area contributed by atoms with Gasteiger partial charge in [-0.05, 0) is 18.1 Å². The number of carbonyl (C=O) groups excluding carboxylic acids is 1. The molecule has 0 saturated carbocycles. The number of likely N-dealkylation sites (tertiary alicyclic amines) is 1. The summed E-state index contributed by atoms with van der Waals surface area (Å²) in [6.45, 7) is -1.20. The Bertz CT molecular complexity index is 662. The van der Waals surface area contributed by atoms with Crippen molar-refractivity contribution in [3.63, 3.8) is 0 Å². The molecule has 0 radical (unpaired) electrons. The summed E-state index contributed by atoms with van der Waals surface area (Å²) >= 11 is 0. The lowest BCUT2D eigenvalue weighted by molar-refractivity contribution is -0.188. The Labute approximate surface area is 141 Å². The van der Waals surface area contributed by atoms with Crippen LogP contribution in [-0.4, -0.2) is 48.3 Å². The Morgan fingerprint density at radius 2 is 2.00 bits per heavy atom. The van der Waals surface area contributed by atoms with Crippen LogP contribution in [0.5, 0.6) is 5.75 Å². The molecule has 1 aromatic rings. The van der Waals surface area contributed by atoms with Gasteiger partial charge in [0, 0.05) is 19.5 Å². The lowest BCUT2D eigenvalue weighted by Gasteiger charge is -2.18. The Morgan fingerprint density at radius 1 is 1.32 bits per heavy atom. The predicted octanol–water partition coefficient (Wildman–Crippen LogP) is 2.49. The molecule has 1 heterocycles. The zero-order chi connectivity index (χ0) is 18.8. The van der Waals surface area contributed by atoms with Gasteiger partial charge in [0.1, 0.15) is 0 Å². The van der Waals surface area contributed by atoms with E-state index in [0.717, 1.165) is 4.90 Å². The average molecular weight is 363 g/mol. The highest BCUT2D eigenvalue weighted by molar-refractivity contribution is 5.79. The van der Waals surface area contributed by atoms with Gasteiger partial charge in [-0.3, -0.25) is 9.59 Å². The SMILES string of the molecule is COc1cccc(CCC(=O)N2C[C@@H](C(F)(F)F)[C@H](C(=O)O)C2)c1F. The quantitative estimate of drug-likeness (QED) is 0.817. The van der Waals surface area contributed by atoms with Crippen molar-refractivity contribution in [1.82, 2.24) is 4.90 Å². The topological polar surface area (TPSA) is 66.8 Å². The molecule has 0 spiro atoms. The standard InChI is InChI=1S/C16H17F4NO4/c1-25-12-4-2-3-9(14(12)17)5-6-13(22)21-7-10(15(23)24)11(8-21)16(18,19)20/h2-4,10-11H,5-8H2,1H3,(H,23,24)/t10-,11-/m1/s1. The van der Waals surface area contributed by atoms with E-state index in [-0.39, 0.29) is 24.2 Å². The lowest BCUT2D eigenvalue weighted by atomic mass is 9.96. The number of benzene rings is 1. The van der Waals surface area contributed by atoms with Crippen LogP contribution in [0.3, 0.4) is 0 Å². The number of nitrogens with zero attached hydrogens (tertiary/aromatic N) is 1. The lowest BCUT2D eigenvalue weighted by Crippen LogP contribution is -2.34. The second kappa shape index (κ2) is 7.28. The van der Waals surface area contributed by atoms with Crippen LogP contribution in [0.4, 0.5) is 17.6 Å². The van der Waals surface area contributed by atoms with Crippen LogP contribution in [0.2, 0.25) is 0 Å². The van der Waals surface area contributed by atoms with Crippen molar-refractivity contribution < 1.29 is 37.0 Å². The zero-order valence-corrected chi connectivity index (χ0v) is 13.3. The minimum absolute atomic E-state index is 0.00852. The second-order valence-electron chi connectivity index (χ2n) is 5.82. The van der Waals surface area contributed by atoms with Crippen LogP contribution in [0.25, 0.3) is 0 Å². The number of amides is 1. The first kappa shape index (κ1) is 19.0. The summed E-state index contributed by atoms with van der Waals surface area (Å²) < 4.78 is 57.6. The number of aryl methyl sites for hydroxylation is 1. The number of alkyl halides is 3. The summed E-state index contributed by atoms with van der Waals surface area (Å²) in [5.41, 5.74) is 0.203. The predicted molar refractivity (Wildman–Crippen MR) is 78.5 cm³/mol. The van der Waals surface area contributed by atoms with Crippen LogP contribution in [0.1, 0.15) is 12.0 Å². The molecule has 2 atom stereocenters. The summed E-state index contributed by atoms with van der Waals surface area (Å²) in [4.78, 5) is 24.0. The van der Waals surface area contributed by atoms with Crippen molar-refractivity contribution in [3.8, 4) is 5.75 Å². The first-order chi connectivity index (χ1) is 11.6. The number of hydrogen-bond acceptors (Lipinski definition) is 3. The molecule has 1 aliphatic rings. The van der Waals surface area contributed by atoms with Crippen LogP contribution in [-0.2, 0) is 16.0 Å². The van der Waals surface area contributed by atoms with E-state index in [2.05, 4.69) is 0 Å². The smallest absolute Gasteiger partial charge is 0.394 e. The molecule has 1 fully saturated rings. The molecular weight excluding hydrogens is 346 g/mol. The van der Waals surface area contributed by atoms with Crippen molar-refractivity contribution in [1.29, 1.82) is 0 Å². The van der Waals surface area contributed by atoms with Crippen LogP contribution in [0, 0.1) is 17.7 Å². The molecule has 1 amide bonds. The monoisotopic (exact) mass is 363 g/mol. The van der Waals surface area contributed by atoms with Gasteiger partial charge in [-0.2, -0.15) is 13.2 Å². The van der Waals surface area contributed by atoms with Gasteiger partial charge in [-0.15, -0.1) is 0 Å². The molecule has 0 aromatic heterocycles. The summed E-state index contributed by atoms with van der Waals surface area (Å²) in [5, 5.41) is 8.95. The van der Waals surface area contributed by atoms with E-state index >= 15 is 0 Å². The number of aliphatic carboxylic acids is 1. The third-order valence-corrected chi connectivity index (χ3v) is 4.28. The van der Waals surface area contributed by atoms with Crippen molar-refractivity contribution in [2.45, 2.75) is 19.0 Å². The fourth-order valence-electron chi connectivity index (χ4n) is 2.90. The second-order valence-corrected chi connectivity index (χ2v) is 5.82. The van der Waals surface area contributed by atoms with E-state index in [4.69, 9.17) is 9.84 Å². The van der Waals surface area contributed by atoms with Gasteiger partial charge >= 0.3 is 12.1 Å². The van der Waals surface area contributed by atoms with Crippen molar-refractivity contribution in [2.75, 3.05) is 20.2 Å². The van der Waals surface area contributed by atoms with E-state index in [1.54, 1.807) is 0 Å². The molecule has 0 bridgehead atoms. The molecule has 1 aromatic carbocycles. The first-order valence-electron chi connectivity index (χ1n) is 7.53. The van der Waals surface area contributed by atoms with E-state index < -0.39 is 48.8 Å². The molecule has 1 aliphatic heterocycles. The summed E-state index contributed by atoms with van der Waals surface area (Å²) in [6.07, 6.45) is -4.94. The molecular formula is C16H17F4NO4. The number of halogens is 4. The van der Waals surface area contributed by atoms with Crippen molar-refractivity contribution in [3.05, 3.63) is 29.6 Å². The van der Waals surface area contributed by atoms with Crippen molar-refractivity contribution >= 4 is 11.9 Å². The molecule has 5 nitrogen and oxygen atoms in total. The summed E-state index contributed by atoms with van der Waals surface area (Å²) in [7, 11) is 1.29. The number of carboxylic acid groups (broad SMARTS) is 1. The largest absolute Gasteiger partial charge is 0.494 e. The van der Waals surface area contributed by atoms with Gasteiger partial charge in [0.2, 0.25) is 5.91 Å². The molecule has 1 saturated heterocycles. The average Bonchev–Trinajstić information content (AvgIpc) is 2.99. The van der Waals surface area contributed by atoms with E-state index in [0.29, 0.717) is 0 Å². The minimum Gasteiger partial charge on any atom is -0.494 e.